The molecule has 0 atom stereocenters. The third kappa shape index (κ3) is 1.64. The van der Waals surface area contributed by atoms with Crippen LogP contribution in [-0.2, 0) is 7.05 Å². The Morgan fingerprint density at radius 2 is 1.75 bits per heavy atom. The van der Waals surface area contributed by atoms with Gasteiger partial charge in [-0.25, -0.2) is 8.78 Å². The van der Waals surface area contributed by atoms with Crippen molar-refractivity contribution in [2.45, 2.75) is 6.92 Å². The molecule has 0 unspecified atom stereocenters. The van der Waals surface area contributed by atoms with Gasteiger partial charge in [-0.15, -0.1) is 0 Å². The van der Waals surface area contributed by atoms with Crippen molar-refractivity contribution >= 4 is 5.82 Å². The molecule has 0 saturated carbocycles. The van der Waals surface area contributed by atoms with Crippen molar-refractivity contribution in [3.8, 4) is 11.3 Å². The van der Waals surface area contributed by atoms with Crippen molar-refractivity contribution in [3.63, 3.8) is 0 Å². The zero-order valence-electron chi connectivity index (χ0n) is 8.96. The van der Waals surface area contributed by atoms with E-state index in [9.17, 15) is 8.78 Å². The van der Waals surface area contributed by atoms with Gasteiger partial charge in [-0.2, -0.15) is 5.10 Å². The van der Waals surface area contributed by atoms with Gasteiger partial charge in [0.15, 0.2) is 0 Å². The zero-order chi connectivity index (χ0) is 11.9. The minimum atomic E-state index is -0.626. The van der Waals surface area contributed by atoms with Crippen LogP contribution in [0.2, 0.25) is 0 Å². The predicted octanol–water partition coefficient (Wildman–Crippen LogP) is 2.26. The van der Waals surface area contributed by atoms with Crippen molar-refractivity contribution in [1.82, 2.24) is 9.78 Å². The number of benzene rings is 1. The first kappa shape index (κ1) is 10.6. The number of aromatic nitrogens is 2. The molecule has 5 heteroatoms. The molecule has 0 aliphatic carbocycles. The molecule has 0 saturated heterocycles. The van der Waals surface area contributed by atoms with E-state index in [1.54, 1.807) is 14.0 Å². The zero-order valence-corrected chi connectivity index (χ0v) is 8.96. The maximum absolute atomic E-state index is 13.0. The molecule has 0 radical (unpaired) electrons. The van der Waals surface area contributed by atoms with E-state index < -0.39 is 11.6 Å². The van der Waals surface area contributed by atoms with Gasteiger partial charge in [-0.3, -0.25) is 4.68 Å². The molecular weight excluding hydrogens is 212 g/mol. The van der Waals surface area contributed by atoms with E-state index in [1.165, 1.54) is 16.8 Å². The number of hydrogen-bond donors (Lipinski definition) is 1. The molecule has 0 aliphatic rings. The lowest BCUT2D eigenvalue weighted by Gasteiger charge is -1.99. The number of aryl methyl sites for hydroxylation is 1. The van der Waals surface area contributed by atoms with Crippen LogP contribution in [-0.4, -0.2) is 9.78 Å². The molecule has 16 heavy (non-hydrogen) atoms. The Morgan fingerprint density at radius 3 is 2.19 bits per heavy atom. The van der Waals surface area contributed by atoms with E-state index in [0.29, 0.717) is 22.6 Å². The minimum Gasteiger partial charge on any atom is -0.384 e. The summed E-state index contributed by atoms with van der Waals surface area (Å²) in [5, 5.41) is 4.12. The third-order valence-electron chi connectivity index (χ3n) is 2.47. The van der Waals surface area contributed by atoms with Gasteiger partial charge in [0.2, 0.25) is 0 Å². The van der Waals surface area contributed by atoms with Crippen LogP contribution in [0.25, 0.3) is 11.3 Å². The lowest BCUT2D eigenvalue weighted by molar-refractivity contribution is 0.584. The summed E-state index contributed by atoms with van der Waals surface area (Å²) in [5.41, 5.74) is 7.33. The SMILES string of the molecule is Cc1c(-c2cc(F)cc(F)c2)nn(C)c1N. The van der Waals surface area contributed by atoms with Gasteiger partial charge in [-0.05, 0) is 19.1 Å². The van der Waals surface area contributed by atoms with E-state index in [1.807, 2.05) is 0 Å². The molecule has 1 aromatic heterocycles. The largest absolute Gasteiger partial charge is 0.384 e. The highest BCUT2D eigenvalue weighted by Gasteiger charge is 2.13. The molecule has 0 aliphatic heterocycles. The van der Waals surface area contributed by atoms with Gasteiger partial charge in [-0.1, -0.05) is 0 Å². The molecule has 1 aromatic carbocycles. The van der Waals surface area contributed by atoms with Gasteiger partial charge in [0.25, 0.3) is 0 Å². The van der Waals surface area contributed by atoms with Crippen LogP contribution in [0.5, 0.6) is 0 Å². The Bertz CT molecular complexity index is 526. The quantitative estimate of drug-likeness (QED) is 0.805. The molecule has 2 N–H and O–H groups in total. The normalized spacial score (nSPS) is 10.8. The van der Waals surface area contributed by atoms with Crippen LogP contribution in [0.4, 0.5) is 14.6 Å². The second-order valence-electron chi connectivity index (χ2n) is 3.64. The first-order valence-corrected chi connectivity index (χ1v) is 4.74. The van der Waals surface area contributed by atoms with Crippen LogP contribution >= 0.6 is 0 Å². The lowest BCUT2D eigenvalue weighted by atomic mass is 10.1. The summed E-state index contributed by atoms with van der Waals surface area (Å²) in [5.74, 6) is -0.767. The van der Waals surface area contributed by atoms with Crippen LogP contribution in [0.3, 0.4) is 0 Å². The van der Waals surface area contributed by atoms with Crippen molar-refractivity contribution in [1.29, 1.82) is 0 Å². The fraction of sp³-hybridized carbons (Fsp3) is 0.182. The van der Waals surface area contributed by atoms with Crippen molar-refractivity contribution < 1.29 is 8.78 Å². The topological polar surface area (TPSA) is 43.8 Å². The van der Waals surface area contributed by atoms with Crippen LogP contribution < -0.4 is 5.73 Å². The fourth-order valence-corrected chi connectivity index (χ4v) is 1.61. The summed E-state index contributed by atoms with van der Waals surface area (Å²) in [7, 11) is 1.68. The number of nitrogens with zero attached hydrogens (tertiary/aromatic N) is 2. The van der Waals surface area contributed by atoms with Gasteiger partial charge in [0.05, 0.1) is 5.69 Å². The summed E-state index contributed by atoms with van der Waals surface area (Å²) in [6, 6.07) is 3.29. The molecule has 84 valence electrons. The molecule has 3 nitrogen and oxygen atoms in total. The first-order valence-electron chi connectivity index (χ1n) is 4.74. The Morgan fingerprint density at radius 1 is 1.19 bits per heavy atom. The summed E-state index contributed by atoms with van der Waals surface area (Å²) >= 11 is 0. The molecule has 0 fully saturated rings. The molecule has 2 aromatic rings. The summed E-state index contributed by atoms with van der Waals surface area (Å²) in [6.45, 7) is 1.76. The Balaban J connectivity index is 2.62. The number of rotatable bonds is 1. The number of anilines is 1. The average Bonchev–Trinajstić information content (AvgIpc) is 2.44. The highest BCUT2D eigenvalue weighted by molar-refractivity contribution is 5.67. The summed E-state index contributed by atoms with van der Waals surface area (Å²) in [4.78, 5) is 0. The Labute approximate surface area is 91.5 Å². The van der Waals surface area contributed by atoms with Gasteiger partial charge < -0.3 is 5.73 Å². The van der Waals surface area contributed by atoms with Crippen molar-refractivity contribution in [2.75, 3.05) is 5.73 Å². The Kier molecular flexibility index (Phi) is 2.38. The van der Waals surface area contributed by atoms with Crippen LogP contribution in [0.15, 0.2) is 18.2 Å². The molecule has 1 heterocycles. The second kappa shape index (κ2) is 3.59. The molecule has 0 amide bonds. The second-order valence-corrected chi connectivity index (χ2v) is 3.64. The van der Waals surface area contributed by atoms with E-state index in [4.69, 9.17) is 5.73 Å². The highest BCUT2D eigenvalue weighted by Crippen LogP contribution is 2.26. The maximum Gasteiger partial charge on any atom is 0.126 e. The summed E-state index contributed by atoms with van der Waals surface area (Å²) < 4.78 is 27.6. The molecule has 0 spiro atoms. The van der Waals surface area contributed by atoms with Crippen LogP contribution in [0.1, 0.15) is 5.56 Å². The minimum absolute atomic E-state index is 0.391. The Hall–Kier alpha value is -1.91. The number of nitrogen functional groups attached to an aromatic ring is 1. The smallest absolute Gasteiger partial charge is 0.126 e. The predicted molar refractivity (Wildman–Crippen MR) is 57.7 cm³/mol. The standard InChI is InChI=1S/C11H11F2N3/c1-6-10(15-16(2)11(6)14)7-3-8(12)5-9(13)4-7/h3-5H,14H2,1-2H3. The van der Waals surface area contributed by atoms with Gasteiger partial charge in [0, 0.05) is 24.2 Å². The first-order chi connectivity index (χ1) is 7.49. The lowest BCUT2D eigenvalue weighted by Crippen LogP contribution is -1.97. The molecule has 2 rings (SSSR count). The monoisotopic (exact) mass is 223 g/mol. The fourth-order valence-electron chi connectivity index (χ4n) is 1.61. The van der Waals surface area contributed by atoms with Crippen LogP contribution in [0, 0.1) is 18.6 Å². The number of hydrogen-bond acceptors (Lipinski definition) is 2. The molecular formula is C11H11F2N3. The average molecular weight is 223 g/mol. The number of nitrogens with two attached hydrogens (primary N) is 1. The maximum atomic E-state index is 13.0. The van der Waals surface area contributed by atoms with Crippen molar-refractivity contribution in [2.24, 2.45) is 7.05 Å². The van der Waals surface area contributed by atoms with E-state index >= 15 is 0 Å². The van der Waals surface area contributed by atoms with Gasteiger partial charge in [0.1, 0.15) is 17.5 Å². The third-order valence-corrected chi connectivity index (χ3v) is 2.47. The van der Waals surface area contributed by atoms with Crippen molar-refractivity contribution in [3.05, 3.63) is 35.4 Å². The number of halogens is 2. The van der Waals surface area contributed by atoms with E-state index in [0.717, 1.165) is 6.07 Å². The van der Waals surface area contributed by atoms with Gasteiger partial charge >= 0.3 is 0 Å². The summed E-state index contributed by atoms with van der Waals surface area (Å²) in [6.07, 6.45) is 0. The van der Waals surface area contributed by atoms with E-state index in [-0.39, 0.29) is 0 Å². The van der Waals surface area contributed by atoms with E-state index in [2.05, 4.69) is 5.10 Å². The molecule has 0 bridgehead atoms. The highest BCUT2D eigenvalue weighted by atomic mass is 19.1.